The molecule has 1 aliphatic heterocycles. The van der Waals surface area contributed by atoms with E-state index >= 15 is 0 Å². The van der Waals surface area contributed by atoms with Gasteiger partial charge < -0.3 is 4.90 Å². The third kappa shape index (κ3) is 1.96. The van der Waals surface area contributed by atoms with Gasteiger partial charge in [-0.3, -0.25) is 0 Å². The molecule has 11 heavy (non-hydrogen) atoms. The van der Waals surface area contributed by atoms with Crippen molar-refractivity contribution in [3.05, 3.63) is 0 Å². The summed E-state index contributed by atoms with van der Waals surface area (Å²) in [5, 5.41) is 0. The molecule has 0 aromatic rings. The normalized spacial score (nSPS) is 33.5. The molecule has 0 saturated carbocycles. The highest BCUT2D eigenvalue weighted by atomic mass is 15.1. The second-order valence-electron chi connectivity index (χ2n) is 4.30. The van der Waals surface area contributed by atoms with E-state index in [1.54, 1.807) is 0 Å². The van der Waals surface area contributed by atoms with Gasteiger partial charge in [0.05, 0.1) is 0 Å². The van der Waals surface area contributed by atoms with E-state index in [0.29, 0.717) is 0 Å². The molecular formula is C10H21N. The second-order valence-corrected chi connectivity index (χ2v) is 4.30. The summed E-state index contributed by atoms with van der Waals surface area (Å²) in [5.74, 6) is 2.77. The first-order valence-electron chi connectivity index (χ1n) is 4.83. The van der Waals surface area contributed by atoms with Crippen LogP contribution in [0.1, 0.15) is 27.2 Å². The van der Waals surface area contributed by atoms with E-state index in [0.717, 1.165) is 17.8 Å². The molecule has 0 amide bonds. The van der Waals surface area contributed by atoms with Gasteiger partial charge in [-0.1, -0.05) is 27.2 Å². The van der Waals surface area contributed by atoms with Crippen LogP contribution in [-0.2, 0) is 0 Å². The summed E-state index contributed by atoms with van der Waals surface area (Å²) in [7, 11) is 2.24. The molecule has 2 atom stereocenters. The molecule has 1 heterocycles. The highest BCUT2D eigenvalue weighted by molar-refractivity contribution is 4.82. The molecule has 1 aliphatic rings. The summed E-state index contributed by atoms with van der Waals surface area (Å²) in [6.07, 6.45) is 1.35. The summed E-state index contributed by atoms with van der Waals surface area (Å²) in [4.78, 5) is 2.47. The topological polar surface area (TPSA) is 3.24 Å². The molecule has 0 radical (unpaired) electrons. The second kappa shape index (κ2) is 3.57. The van der Waals surface area contributed by atoms with Crippen LogP contribution in [0, 0.1) is 17.8 Å². The van der Waals surface area contributed by atoms with E-state index in [-0.39, 0.29) is 0 Å². The molecule has 0 aromatic heterocycles. The zero-order valence-electron chi connectivity index (χ0n) is 8.30. The van der Waals surface area contributed by atoms with E-state index in [1.165, 1.54) is 19.5 Å². The summed E-state index contributed by atoms with van der Waals surface area (Å²) < 4.78 is 0. The Morgan fingerprint density at radius 3 is 2.36 bits per heavy atom. The molecule has 0 bridgehead atoms. The van der Waals surface area contributed by atoms with Gasteiger partial charge in [-0.15, -0.1) is 0 Å². The van der Waals surface area contributed by atoms with E-state index in [1.807, 2.05) is 0 Å². The molecule has 0 aliphatic carbocycles. The molecule has 0 aromatic carbocycles. The summed E-state index contributed by atoms with van der Waals surface area (Å²) >= 11 is 0. The highest BCUT2D eigenvalue weighted by Crippen LogP contribution is 2.30. The van der Waals surface area contributed by atoms with Gasteiger partial charge in [-0.05, 0) is 24.8 Å². The van der Waals surface area contributed by atoms with Gasteiger partial charge >= 0.3 is 0 Å². The van der Waals surface area contributed by atoms with Gasteiger partial charge in [0.25, 0.3) is 0 Å². The van der Waals surface area contributed by atoms with Crippen molar-refractivity contribution in [3.63, 3.8) is 0 Å². The largest absolute Gasteiger partial charge is 0.306 e. The number of hydrogen-bond acceptors (Lipinski definition) is 1. The predicted molar refractivity (Wildman–Crippen MR) is 49.6 cm³/mol. The molecule has 0 N–H and O–H groups in total. The average molecular weight is 155 g/mol. The number of likely N-dealkylation sites (tertiary alicyclic amines) is 1. The molecule has 1 nitrogen and oxygen atoms in total. The van der Waals surface area contributed by atoms with Crippen LogP contribution < -0.4 is 0 Å². The Bertz CT molecular complexity index is 120. The Morgan fingerprint density at radius 1 is 1.36 bits per heavy atom. The maximum atomic E-state index is 2.47. The van der Waals surface area contributed by atoms with E-state index in [2.05, 4.69) is 32.7 Å². The van der Waals surface area contributed by atoms with Crippen LogP contribution >= 0.6 is 0 Å². The van der Waals surface area contributed by atoms with Crippen LogP contribution in [-0.4, -0.2) is 25.0 Å². The van der Waals surface area contributed by atoms with Crippen LogP contribution in [0.2, 0.25) is 0 Å². The lowest BCUT2D eigenvalue weighted by molar-refractivity contribution is 0.309. The van der Waals surface area contributed by atoms with Gasteiger partial charge in [0.1, 0.15) is 0 Å². The monoisotopic (exact) mass is 155 g/mol. The van der Waals surface area contributed by atoms with E-state index in [9.17, 15) is 0 Å². The van der Waals surface area contributed by atoms with Crippen molar-refractivity contribution in [1.29, 1.82) is 0 Å². The van der Waals surface area contributed by atoms with Crippen molar-refractivity contribution in [2.24, 2.45) is 17.8 Å². The SMILES string of the molecule is CC[C@@H]1CN(C)C[C@H]1C(C)C. The van der Waals surface area contributed by atoms with Crippen molar-refractivity contribution in [2.45, 2.75) is 27.2 Å². The molecule has 0 spiro atoms. The number of rotatable bonds is 2. The van der Waals surface area contributed by atoms with Crippen LogP contribution in [0.4, 0.5) is 0 Å². The molecule has 1 rings (SSSR count). The van der Waals surface area contributed by atoms with Crippen LogP contribution in [0.25, 0.3) is 0 Å². The maximum Gasteiger partial charge on any atom is 0.00123 e. The molecule has 1 fully saturated rings. The van der Waals surface area contributed by atoms with Gasteiger partial charge in [-0.2, -0.15) is 0 Å². The zero-order valence-corrected chi connectivity index (χ0v) is 8.30. The van der Waals surface area contributed by atoms with Crippen molar-refractivity contribution in [2.75, 3.05) is 20.1 Å². The Kier molecular flexibility index (Phi) is 2.94. The van der Waals surface area contributed by atoms with Crippen molar-refractivity contribution >= 4 is 0 Å². The van der Waals surface area contributed by atoms with Gasteiger partial charge in [-0.25, -0.2) is 0 Å². The smallest absolute Gasteiger partial charge is 0.00123 e. The standard InChI is InChI=1S/C10H21N/c1-5-9-6-11(4)7-10(9)8(2)3/h8-10H,5-7H2,1-4H3/t9-,10+/m1/s1. The summed E-state index contributed by atoms with van der Waals surface area (Å²) in [5.41, 5.74) is 0. The van der Waals surface area contributed by atoms with Crippen LogP contribution in [0.3, 0.4) is 0 Å². The lowest BCUT2D eigenvalue weighted by Gasteiger charge is -2.20. The molecule has 66 valence electrons. The third-order valence-electron chi connectivity index (χ3n) is 3.05. The lowest BCUT2D eigenvalue weighted by atomic mass is 9.85. The van der Waals surface area contributed by atoms with Crippen LogP contribution in [0.5, 0.6) is 0 Å². The first kappa shape index (κ1) is 9.05. The summed E-state index contributed by atoms with van der Waals surface area (Å²) in [6.45, 7) is 9.66. The Morgan fingerprint density at radius 2 is 2.00 bits per heavy atom. The number of nitrogens with zero attached hydrogens (tertiary/aromatic N) is 1. The minimum atomic E-state index is 0.866. The Labute approximate surface area is 70.8 Å². The highest BCUT2D eigenvalue weighted by Gasteiger charge is 2.30. The zero-order chi connectivity index (χ0) is 8.43. The average Bonchev–Trinajstić information content (AvgIpc) is 2.30. The fraction of sp³-hybridized carbons (Fsp3) is 1.00. The fourth-order valence-electron chi connectivity index (χ4n) is 2.31. The van der Waals surface area contributed by atoms with Gasteiger partial charge in [0.2, 0.25) is 0 Å². The Balaban J connectivity index is 2.50. The molecule has 1 saturated heterocycles. The number of hydrogen-bond donors (Lipinski definition) is 0. The predicted octanol–water partition coefficient (Wildman–Crippen LogP) is 2.23. The van der Waals surface area contributed by atoms with E-state index in [4.69, 9.17) is 0 Å². The van der Waals surface area contributed by atoms with Crippen molar-refractivity contribution < 1.29 is 0 Å². The van der Waals surface area contributed by atoms with Crippen molar-refractivity contribution in [1.82, 2.24) is 4.90 Å². The summed E-state index contributed by atoms with van der Waals surface area (Å²) in [6, 6.07) is 0. The minimum absolute atomic E-state index is 0.866. The minimum Gasteiger partial charge on any atom is -0.306 e. The quantitative estimate of drug-likeness (QED) is 0.591. The first-order chi connectivity index (χ1) is 5.15. The molecule has 0 unspecified atom stereocenters. The van der Waals surface area contributed by atoms with E-state index < -0.39 is 0 Å². The Hall–Kier alpha value is -0.0400. The maximum absolute atomic E-state index is 2.47. The molecule has 1 heteroatoms. The van der Waals surface area contributed by atoms with Crippen molar-refractivity contribution in [3.8, 4) is 0 Å². The lowest BCUT2D eigenvalue weighted by Crippen LogP contribution is -2.18. The first-order valence-corrected chi connectivity index (χ1v) is 4.83. The third-order valence-corrected chi connectivity index (χ3v) is 3.05. The fourth-order valence-corrected chi connectivity index (χ4v) is 2.31. The van der Waals surface area contributed by atoms with Crippen LogP contribution in [0.15, 0.2) is 0 Å². The molecular weight excluding hydrogens is 134 g/mol. The van der Waals surface area contributed by atoms with Gasteiger partial charge in [0.15, 0.2) is 0 Å². The van der Waals surface area contributed by atoms with Gasteiger partial charge in [0, 0.05) is 13.1 Å².